The lowest BCUT2D eigenvalue weighted by Gasteiger charge is -2.01. The molecule has 0 saturated heterocycles. The number of carboxylic acids is 1. The Bertz CT molecular complexity index is 377. The van der Waals surface area contributed by atoms with Gasteiger partial charge >= 0.3 is 5.97 Å². The van der Waals surface area contributed by atoms with Gasteiger partial charge in [-0.25, -0.2) is 14.8 Å². The topological polar surface area (TPSA) is 98.3 Å². The highest BCUT2D eigenvalue weighted by Crippen LogP contribution is 2.18. The Morgan fingerprint density at radius 2 is 2.00 bits per heavy atom. The molecule has 1 aliphatic rings. The summed E-state index contributed by atoms with van der Waals surface area (Å²) in [6, 6.07) is 0. The standard InChI is InChI=1S/C7H7N3O3/c8-6-5(7(11)12)9-3-1-13-2-4(3)10-6/h1-2H2,(H2,8,10)(H,11,12). The smallest absolute Gasteiger partial charge is 0.358 e. The highest BCUT2D eigenvalue weighted by Gasteiger charge is 2.20. The van der Waals surface area contributed by atoms with Crippen molar-refractivity contribution in [1.29, 1.82) is 0 Å². The second-order valence-electron chi connectivity index (χ2n) is 2.65. The fraction of sp³-hybridized carbons (Fsp3) is 0.286. The van der Waals surface area contributed by atoms with E-state index < -0.39 is 5.97 Å². The molecule has 0 unspecified atom stereocenters. The molecule has 0 saturated carbocycles. The van der Waals surface area contributed by atoms with Crippen molar-refractivity contribution in [3.8, 4) is 0 Å². The number of aromatic carboxylic acids is 1. The number of nitrogen functional groups attached to an aromatic ring is 1. The number of carboxylic acid groups (broad SMARTS) is 1. The van der Waals surface area contributed by atoms with Gasteiger partial charge in [0.05, 0.1) is 24.6 Å². The maximum absolute atomic E-state index is 10.6. The molecule has 0 atom stereocenters. The molecule has 1 aliphatic heterocycles. The molecule has 2 heterocycles. The Morgan fingerprint density at radius 3 is 2.62 bits per heavy atom. The van der Waals surface area contributed by atoms with Crippen LogP contribution in [0.25, 0.3) is 0 Å². The summed E-state index contributed by atoms with van der Waals surface area (Å²) in [6.07, 6.45) is 0. The van der Waals surface area contributed by atoms with E-state index in [1.165, 1.54) is 0 Å². The average Bonchev–Trinajstić information content (AvgIpc) is 2.48. The van der Waals surface area contributed by atoms with Gasteiger partial charge in [-0.2, -0.15) is 0 Å². The van der Waals surface area contributed by atoms with Crippen LogP contribution in [0.2, 0.25) is 0 Å². The molecular weight excluding hydrogens is 174 g/mol. The third-order valence-corrected chi connectivity index (χ3v) is 1.76. The number of nitrogens with two attached hydrogens (primary N) is 1. The highest BCUT2D eigenvalue weighted by atomic mass is 16.5. The number of hydrogen-bond acceptors (Lipinski definition) is 5. The van der Waals surface area contributed by atoms with Crippen LogP contribution in [-0.2, 0) is 18.0 Å². The van der Waals surface area contributed by atoms with Crippen molar-refractivity contribution in [2.75, 3.05) is 5.73 Å². The second-order valence-corrected chi connectivity index (χ2v) is 2.65. The fourth-order valence-corrected chi connectivity index (χ4v) is 1.15. The van der Waals surface area contributed by atoms with Gasteiger partial charge in [-0.1, -0.05) is 0 Å². The highest BCUT2D eigenvalue weighted by molar-refractivity contribution is 5.90. The molecule has 0 radical (unpaired) electrons. The predicted molar refractivity (Wildman–Crippen MR) is 41.9 cm³/mol. The zero-order valence-electron chi connectivity index (χ0n) is 6.65. The summed E-state index contributed by atoms with van der Waals surface area (Å²) in [7, 11) is 0. The van der Waals surface area contributed by atoms with Crippen LogP contribution >= 0.6 is 0 Å². The van der Waals surface area contributed by atoms with Gasteiger partial charge < -0.3 is 15.6 Å². The summed E-state index contributed by atoms with van der Waals surface area (Å²) in [5.41, 5.74) is 6.37. The van der Waals surface area contributed by atoms with Crippen LogP contribution in [0, 0.1) is 0 Å². The molecule has 0 aromatic carbocycles. The SMILES string of the molecule is Nc1nc2c(nc1C(=O)O)COC2. The van der Waals surface area contributed by atoms with Crippen LogP contribution in [0.15, 0.2) is 0 Å². The molecule has 68 valence electrons. The monoisotopic (exact) mass is 181 g/mol. The first-order valence-electron chi connectivity index (χ1n) is 3.65. The molecule has 0 amide bonds. The lowest BCUT2D eigenvalue weighted by molar-refractivity contribution is 0.0691. The minimum absolute atomic E-state index is 0.0586. The molecule has 1 aromatic rings. The summed E-state index contributed by atoms with van der Waals surface area (Å²) in [6.45, 7) is 0.662. The molecule has 6 nitrogen and oxygen atoms in total. The van der Waals surface area contributed by atoms with Gasteiger partial charge in [0, 0.05) is 0 Å². The van der Waals surface area contributed by atoms with E-state index in [1.54, 1.807) is 0 Å². The Labute approximate surface area is 73.4 Å². The molecule has 0 spiro atoms. The van der Waals surface area contributed by atoms with Gasteiger partial charge in [0.2, 0.25) is 0 Å². The Hall–Kier alpha value is -1.69. The number of hydrogen-bond donors (Lipinski definition) is 2. The van der Waals surface area contributed by atoms with Gasteiger partial charge in [-0.15, -0.1) is 0 Å². The van der Waals surface area contributed by atoms with E-state index in [-0.39, 0.29) is 11.5 Å². The lowest BCUT2D eigenvalue weighted by atomic mass is 10.3. The number of carbonyl (C=O) groups is 1. The van der Waals surface area contributed by atoms with Gasteiger partial charge in [-0.05, 0) is 0 Å². The van der Waals surface area contributed by atoms with Gasteiger partial charge in [0.1, 0.15) is 0 Å². The zero-order chi connectivity index (χ0) is 9.42. The quantitative estimate of drug-likeness (QED) is 0.621. The van der Waals surface area contributed by atoms with Crippen molar-refractivity contribution in [3.63, 3.8) is 0 Å². The lowest BCUT2D eigenvalue weighted by Crippen LogP contribution is -2.10. The minimum Gasteiger partial charge on any atom is -0.476 e. The minimum atomic E-state index is -1.17. The van der Waals surface area contributed by atoms with Crippen molar-refractivity contribution < 1.29 is 14.6 Å². The van der Waals surface area contributed by atoms with Crippen LogP contribution in [0.4, 0.5) is 5.82 Å². The third-order valence-electron chi connectivity index (χ3n) is 1.76. The van der Waals surface area contributed by atoms with E-state index in [4.69, 9.17) is 15.6 Å². The van der Waals surface area contributed by atoms with Gasteiger partial charge in [-0.3, -0.25) is 0 Å². The summed E-state index contributed by atoms with van der Waals surface area (Å²) in [5, 5.41) is 8.67. The van der Waals surface area contributed by atoms with Crippen molar-refractivity contribution in [2.45, 2.75) is 13.2 Å². The van der Waals surface area contributed by atoms with Crippen LogP contribution in [0.5, 0.6) is 0 Å². The van der Waals surface area contributed by atoms with E-state index in [9.17, 15) is 4.79 Å². The molecule has 13 heavy (non-hydrogen) atoms. The van der Waals surface area contributed by atoms with Gasteiger partial charge in [0.25, 0.3) is 0 Å². The van der Waals surface area contributed by atoms with Crippen molar-refractivity contribution >= 4 is 11.8 Å². The Kier molecular flexibility index (Phi) is 1.63. The summed E-state index contributed by atoms with van der Waals surface area (Å²) < 4.78 is 5.03. The fourth-order valence-electron chi connectivity index (χ4n) is 1.15. The second kappa shape index (κ2) is 2.67. The van der Waals surface area contributed by atoms with E-state index in [0.29, 0.717) is 24.6 Å². The number of fused-ring (bicyclic) bond motifs is 1. The van der Waals surface area contributed by atoms with E-state index in [1.807, 2.05) is 0 Å². The molecule has 1 aromatic heterocycles. The largest absolute Gasteiger partial charge is 0.476 e. The number of ether oxygens (including phenoxy) is 1. The van der Waals surface area contributed by atoms with Crippen LogP contribution < -0.4 is 5.73 Å². The van der Waals surface area contributed by atoms with Crippen LogP contribution in [0.1, 0.15) is 21.9 Å². The van der Waals surface area contributed by atoms with E-state index in [2.05, 4.69) is 9.97 Å². The first kappa shape index (κ1) is 7.93. The Balaban J connectivity index is 2.55. The first-order valence-corrected chi connectivity index (χ1v) is 3.65. The third kappa shape index (κ3) is 1.20. The number of anilines is 1. The zero-order valence-corrected chi connectivity index (χ0v) is 6.65. The Morgan fingerprint density at radius 1 is 1.38 bits per heavy atom. The molecule has 3 N–H and O–H groups in total. The predicted octanol–water partition coefficient (Wildman–Crippen LogP) is -0.213. The molecule has 2 rings (SSSR count). The normalized spacial score (nSPS) is 14.2. The molecule has 0 bridgehead atoms. The summed E-state index contributed by atoms with van der Waals surface area (Å²) in [4.78, 5) is 18.3. The average molecular weight is 181 g/mol. The maximum atomic E-state index is 10.6. The molecular formula is C7H7N3O3. The number of aromatic nitrogens is 2. The van der Waals surface area contributed by atoms with E-state index >= 15 is 0 Å². The summed E-state index contributed by atoms with van der Waals surface area (Å²) in [5.74, 6) is -1.23. The molecule has 0 fully saturated rings. The van der Waals surface area contributed by atoms with E-state index in [0.717, 1.165) is 0 Å². The summed E-state index contributed by atoms with van der Waals surface area (Å²) >= 11 is 0. The first-order chi connectivity index (χ1) is 6.18. The molecule has 6 heteroatoms. The number of nitrogens with zero attached hydrogens (tertiary/aromatic N) is 2. The van der Waals surface area contributed by atoms with Gasteiger partial charge in [0.15, 0.2) is 11.5 Å². The van der Waals surface area contributed by atoms with Crippen molar-refractivity contribution in [3.05, 3.63) is 17.1 Å². The van der Waals surface area contributed by atoms with Crippen LogP contribution in [-0.4, -0.2) is 21.0 Å². The maximum Gasteiger partial charge on any atom is 0.358 e. The number of rotatable bonds is 1. The van der Waals surface area contributed by atoms with Crippen molar-refractivity contribution in [2.24, 2.45) is 0 Å². The van der Waals surface area contributed by atoms with Crippen molar-refractivity contribution in [1.82, 2.24) is 9.97 Å². The van der Waals surface area contributed by atoms with Crippen LogP contribution in [0.3, 0.4) is 0 Å². The molecule has 0 aliphatic carbocycles.